The molecule has 0 unspecified atom stereocenters. The molecule has 1 aliphatic heterocycles. The molecule has 1 aromatic carbocycles. The summed E-state index contributed by atoms with van der Waals surface area (Å²) in [6.45, 7) is 2.20. The maximum absolute atomic E-state index is 13.0. The van der Waals surface area contributed by atoms with Gasteiger partial charge in [0, 0.05) is 38.3 Å². The smallest absolute Gasteiger partial charge is 0.253 e. The third-order valence-electron chi connectivity index (χ3n) is 4.99. The van der Waals surface area contributed by atoms with E-state index in [9.17, 15) is 14.3 Å². The summed E-state index contributed by atoms with van der Waals surface area (Å²) in [5, 5.41) is 9.44. The first-order valence-corrected chi connectivity index (χ1v) is 7.97. The van der Waals surface area contributed by atoms with E-state index in [2.05, 4.69) is 4.90 Å². The van der Waals surface area contributed by atoms with Crippen molar-refractivity contribution >= 4 is 5.91 Å². The summed E-state index contributed by atoms with van der Waals surface area (Å²) in [5.74, 6) is 0.148. The van der Waals surface area contributed by atoms with E-state index in [0.29, 0.717) is 24.6 Å². The van der Waals surface area contributed by atoms with Gasteiger partial charge in [0.2, 0.25) is 0 Å². The van der Waals surface area contributed by atoms with Gasteiger partial charge in [-0.25, -0.2) is 4.39 Å². The number of carbonyl (C=O) groups excluding carboxylic acids is 1. The lowest BCUT2D eigenvalue weighted by Crippen LogP contribution is -2.58. The molecule has 2 aliphatic rings. The van der Waals surface area contributed by atoms with Crippen molar-refractivity contribution in [3.63, 3.8) is 0 Å². The number of amides is 1. The summed E-state index contributed by atoms with van der Waals surface area (Å²) < 4.78 is 13.0. The summed E-state index contributed by atoms with van der Waals surface area (Å²) in [6, 6.07) is 5.90. The van der Waals surface area contributed by atoms with Gasteiger partial charge in [-0.1, -0.05) is 6.42 Å². The molecule has 1 heterocycles. The molecule has 1 saturated heterocycles. The predicted molar refractivity (Wildman–Crippen MR) is 82.1 cm³/mol. The van der Waals surface area contributed by atoms with E-state index in [0.717, 1.165) is 19.4 Å². The molecular weight excluding hydrogens is 283 g/mol. The predicted octanol–water partition coefficient (Wildman–Crippen LogP) is 1.74. The maximum Gasteiger partial charge on any atom is 0.253 e. The number of aliphatic hydroxyl groups is 1. The number of hydrogen-bond donors (Lipinski definition) is 1. The van der Waals surface area contributed by atoms with E-state index < -0.39 is 0 Å². The van der Waals surface area contributed by atoms with Crippen molar-refractivity contribution in [3.05, 3.63) is 35.6 Å². The van der Waals surface area contributed by atoms with Crippen LogP contribution in [0.3, 0.4) is 0 Å². The molecule has 1 N–H and O–H groups in total. The number of halogens is 1. The SMILES string of the molecule is CN(C(=O)c1ccc(F)cc1)[C@H](CN1CC(O)C1)C1CCC1. The van der Waals surface area contributed by atoms with Gasteiger partial charge in [-0.3, -0.25) is 9.69 Å². The number of rotatable bonds is 5. The second-order valence-electron chi connectivity index (χ2n) is 6.55. The first-order valence-electron chi connectivity index (χ1n) is 7.97. The lowest BCUT2D eigenvalue weighted by atomic mass is 9.78. The highest BCUT2D eigenvalue weighted by molar-refractivity contribution is 5.94. The second kappa shape index (κ2) is 6.34. The first kappa shape index (κ1) is 15.4. The molecule has 1 aromatic rings. The van der Waals surface area contributed by atoms with Crippen molar-refractivity contribution in [3.8, 4) is 0 Å². The average Bonchev–Trinajstić information content (AvgIpc) is 2.42. The first-order chi connectivity index (χ1) is 10.5. The number of β-amino-alcohol motifs (C(OH)–C–C–N with tert-alkyl or cyclic N) is 1. The van der Waals surface area contributed by atoms with Crippen molar-refractivity contribution in [1.29, 1.82) is 0 Å². The van der Waals surface area contributed by atoms with Gasteiger partial charge >= 0.3 is 0 Å². The fourth-order valence-electron chi connectivity index (χ4n) is 3.32. The highest BCUT2D eigenvalue weighted by Gasteiger charge is 2.36. The zero-order chi connectivity index (χ0) is 15.7. The van der Waals surface area contributed by atoms with Crippen molar-refractivity contribution < 1.29 is 14.3 Å². The summed E-state index contributed by atoms with van der Waals surface area (Å²) >= 11 is 0. The standard InChI is InChI=1S/C17H23FN2O2/c1-19(17(22)13-5-7-14(18)8-6-13)16(12-3-2-4-12)11-20-9-15(21)10-20/h5-8,12,15-16,21H,2-4,9-11H2,1H3/t16-/m1/s1. The molecule has 2 fully saturated rings. The minimum Gasteiger partial charge on any atom is -0.390 e. The van der Waals surface area contributed by atoms with Crippen LogP contribution in [0.15, 0.2) is 24.3 Å². The van der Waals surface area contributed by atoms with Gasteiger partial charge < -0.3 is 10.0 Å². The molecule has 4 nitrogen and oxygen atoms in total. The Morgan fingerprint density at radius 1 is 1.36 bits per heavy atom. The van der Waals surface area contributed by atoms with Crippen LogP contribution in [0.4, 0.5) is 4.39 Å². The monoisotopic (exact) mass is 306 g/mol. The number of benzene rings is 1. The van der Waals surface area contributed by atoms with Gasteiger partial charge in [0.25, 0.3) is 5.91 Å². The van der Waals surface area contributed by atoms with Gasteiger partial charge in [-0.15, -0.1) is 0 Å². The average molecular weight is 306 g/mol. The van der Waals surface area contributed by atoms with Crippen LogP contribution in [0.2, 0.25) is 0 Å². The van der Waals surface area contributed by atoms with Crippen LogP contribution < -0.4 is 0 Å². The molecule has 0 radical (unpaired) electrons. The lowest BCUT2D eigenvalue weighted by Gasteiger charge is -2.45. The summed E-state index contributed by atoms with van der Waals surface area (Å²) in [6.07, 6.45) is 3.31. The highest BCUT2D eigenvalue weighted by Crippen LogP contribution is 2.33. The van der Waals surface area contributed by atoms with Crippen LogP contribution in [0.25, 0.3) is 0 Å². The van der Waals surface area contributed by atoms with Crippen LogP contribution in [0, 0.1) is 11.7 Å². The van der Waals surface area contributed by atoms with Crippen molar-refractivity contribution in [2.45, 2.75) is 31.4 Å². The Kier molecular flexibility index (Phi) is 4.45. The Morgan fingerprint density at radius 3 is 2.50 bits per heavy atom. The number of hydrogen-bond acceptors (Lipinski definition) is 3. The number of carbonyl (C=O) groups is 1. The number of aliphatic hydroxyl groups excluding tert-OH is 1. The molecule has 22 heavy (non-hydrogen) atoms. The second-order valence-corrected chi connectivity index (χ2v) is 6.55. The van der Waals surface area contributed by atoms with Gasteiger partial charge in [-0.05, 0) is 43.0 Å². The van der Waals surface area contributed by atoms with Gasteiger partial charge in [0.05, 0.1) is 6.10 Å². The summed E-state index contributed by atoms with van der Waals surface area (Å²) in [4.78, 5) is 16.6. The number of likely N-dealkylation sites (N-methyl/N-ethyl adjacent to an activating group) is 1. The topological polar surface area (TPSA) is 43.8 Å². The lowest BCUT2D eigenvalue weighted by molar-refractivity contribution is -0.0223. The van der Waals surface area contributed by atoms with Crippen LogP contribution in [0.5, 0.6) is 0 Å². The number of nitrogens with zero attached hydrogens (tertiary/aromatic N) is 2. The zero-order valence-corrected chi connectivity index (χ0v) is 12.9. The molecular formula is C17H23FN2O2. The van der Waals surface area contributed by atoms with E-state index in [4.69, 9.17) is 0 Å². The third kappa shape index (κ3) is 3.15. The Bertz CT molecular complexity index is 524. The zero-order valence-electron chi connectivity index (χ0n) is 12.9. The molecule has 0 bridgehead atoms. The minimum absolute atomic E-state index is 0.0574. The maximum atomic E-state index is 13.0. The van der Waals surface area contributed by atoms with E-state index in [1.54, 1.807) is 12.1 Å². The van der Waals surface area contributed by atoms with Gasteiger partial charge in [-0.2, -0.15) is 0 Å². The Balaban J connectivity index is 1.68. The molecule has 120 valence electrons. The van der Waals surface area contributed by atoms with Crippen molar-refractivity contribution in [2.24, 2.45) is 5.92 Å². The Morgan fingerprint density at radius 2 is 2.00 bits per heavy atom. The minimum atomic E-state index is -0.329. The van der Waals surface area contributed by atoms with Gasteiger partial charge in [0.15, 0.2) is 0 Å². The van der Waals surface area contributed by atoms with Crippen molar-refractivity contribution in [1.82, 2.24) is 9.80 Å². The fraction of sp³-hybridized carbons (Fsp3) is 0.588. The summed E-state index contributed by atoms with van der Waals surface area (Å²) in [5.41, 5.74) is 0.525. The van der Waals surface area contributed by atoms with Gasteiger partial charge in [0.1, 0.15) is 5.82 Å². The molecule has 0 spiro atoms. The van der Waals surface area contributed by atoms with E-state index in [1.807, 2.05) is 11.9 Å². The van der Waals surface area contributed by atoms with E-state index >= 15 is 0 Å². The largest absolute Gasteiger partial charge is 0.390 e. The van der Waals surface area contributed by atoms with Crippen LogP contribution in [-0.2, 0) is 0 Å². The third-order valence-corrected chi connectivity index (χ3v) is 4.99. The van der Waals surface area contributed by atoms with E-state index in [1.165, 1.54) is 18.6 Å². The Labute approximate surface area is 130 Å². The molecule has 0 aromatic heterocycles. The van der Waals surface area contributed by atoms with Crippen LogP contribution in [0.1, 0.15) is 29.6 Å². The Hall–Kier alpha value is -1.46. The quantitative estimate of drug-likeness (QED) is 0.901. The van der Waals surface area contributed by atoms with Crippen LogP contribution in [-0.4, -0.2) is 59.6 Å². The molecule has 1 atom stereocenters. The molecule has 1 aliphatic carbocycles. The molecule has 3 rings (SSSR count). The molecule has 1 amide bonds. The van der Waals surface area contributed by atoms with Crippen molar-refractivity contribution in [2.75, 3.05) is 26.7 Å². The normalized spacial score (nSPS) is 21.0. The molecule has 5 heteroatoms. The number of likely N-dealkylation sites (tertiary alicyclic amines) is 1. The molecule has 1 saturated carbocycles. The highest BCUT2D eigenvalue weighted by atomic mass is 19.1. The summed E-state index contributed by atoms with van der Waals surface area (Å²) in [7, 11) is 1.84. The fourth-order valence-corrected chi connectivity index (χ4v) is 3.32. The van der Waals surface area contributed by atoms with Crippen LogP contribution >= 0.6 is 0 Å². The van der Waals surface area contributed by atoms with E-state index in [-0.39, 0.29) is 23.9 Å².